The first-order valence-electron chi connectivity index (χ1n) is 3.77. The monoisotopic (exact) mass is 286 g/mol. The third kappa shape index (κ3) is 33.7. The Bertz CT molecular complexity index is 36.2. The van der Waals surface area contributed by atoms with Gasteiger partial charge in [-0.1, -0.05) is 39.4 Å². The fraction of sp³-hybridized carbons (Fsp3) is 0.875. The average molecular weight is 289 g/mol. The summed E-state index contributed by atoms with van der Waals surface area (Å²) in [5.74, 6) is 0. The zero-order valence-corrected chi connectivity index (χ0v) is 12.0. The van der Waals surface area contributed by atoms with Gasteiger partial charge in [0, 0.05) is 49.6 Å². The van der Waals surface area contributed by atoms with Crippen LogP contribution in [0.2, 0.25) is 19.1 Å². The average Bonchev–Trinajstić information content (AvgIpc) is 1.89. The van der Waals surface area contributed by atoms with Gasteiger partial charge in [-0.25, -0.2) is 0 Å². The number of rotatable bonds is 2. The zero-order chi connectivity index (χ0) is 7.70. The molecular weight excluding hydrogens is 268 g/mol. The maximum absolute atomic E-state index is 3.60. The fourth-order valence-corrected chi connectivity index (χ4v) is 0. The molecule has 2 heteroatoms. The molecule has 0 unspecified atom stereocenters. The van der Waals surface area contributed by atoms with E-state index in [1.165, 1.54) is 12.5 Å². The van der Waals surface area contributed by atoms with Crippen LogP contribution >= 0.6 is 0 Å². The maximum atomic E-state index is 3.60. The Morgan fingerprint density at radius 2 is 1.40 bits per heavy atom. The zero-order valence-electron chi connectivity index (χ0n) is 7.83. The number of unbranched alkanes of at least 4 members (excludes halogenated alkanes) is 1. The Morgan fingerprint density at radius 3 is 1.40 bits per heavy atom. The molecule has 0 aliphatic carbocycles. The predicted molar refractivity (Wildman–Crippen MR) is 48.2 cm³/mol. The largest absolute Gasteiger partial charge is 0.343 e. The molecule has 0 saturated carbocycles. The molecule has 0 rings (SSSR count). The van der Waals surface area contributed by atoms with Crippen molar-refractivity contribution >= 4 is 8.80 Å². The van der Waals surface area contributed by atoms with Crippen LogP contribution < -0.4 is 0 Å². The van der Waals surface area contributed by atoms with Crippen molar-refractivity contribution in [3.63, 3.8) is 0 Å². The van der Waals surface area contributed by atoms with Gasteiger partial charge in [0.05, 0.1) is 0 Å². The summed E-state index contributed by atoms with van der Waals surface area (Å²) < 4.78 is 0. The van der Waals surface area contributed by atoms with Crippen LogP contribution in [0.3, 0.4) is 0 Å². The van der Waals surface area contributed by atoms with Gasteiger partial charge < -0.3 is 6.92 Å². The molecule has 0 spiro atoms. The van der Waals surface area contributed by atoms with E-state index in [0.717, 1.165) is 6.42 Å². The van der Waals surface area contributed by atoms with E-state index in [1.54, 1.807) is 0 Å². The van der Waals surface area contributed by atoms with Crippen molar-refractivity contribution in [1.82, 2.24) is 0 Å². The first kappa shape index (κ1) is 17.6. The van der Waals surface area contributed by atoms with Crippen molar-refractivity contribution < 1.29 is 40.8 Å². The summed E-state index contributed by atoms with van der Waals surface area (Å²) >= 11 is 0. The minimum absolute atomic E-state index is 0. The van der Waals surface area contributed by atoms with Gasteiger partial charge in [-0.05, 0) is 0 Å². The van der Waals surface area contributed by atoms with Crippen molar-refractivity contribution in [3.05, 3.63) is 6.92 Å². The van der Waals surface area contributed by atoms with E-state index in [4.69, 9.17) is 0 Å². The van der Waals surface area contributed by atoms with Gasteiger partial charge in [0.1, 0.15) is 0 Å². The molecule has 0 bridgehead atoms. The number of hydrogen-bond acceptors (Lipinski definition) is 0. The summed E-state index contributed by atoms with van der Waals surface area (Å²) in [6.07, 6.45) is 2.28. The van der Waals surface area contributed by atoms with Crippen molar-refractivity contribution in [1.29, 1.82) is 0 Å². The van der Waals surface area contributed by atoms with E-state index in [1.807, 2.05) is 0 Å². The molecule has 0 saturated heterocycles. The molecule has 0 heterocycles. The van der Waals surface area contributed by atoms with Gasteiger partial charge in [0.2, 0.25) is 0 Å². The Labute approximate surface area is 101 Å². The van der Waals surface area contributed by atoms with Crippen LogP contribution in [0.15, 0.2) is 0 Å². The smallest absolute Gasteiger partial charge is 0.0410 e. The first-order valence-corrected chi connectivity index (χ1v) is 6.47. The summed E-state index contributed by atoms with van der Waals surface area (Å²) in [4.78, 5) is 0. The summed E-state index contributed by atoms with van der Waals surface area (Å²) in [6.45, 7) is 12.6. The first-order chi connectivity index (χ1) is 4.18. The second-order valence-corrected chi connectivity index (χ2v) is 5.54. The molecule has 10 heavy (non-hydrogen) atoms. The normalized spacial score (nSPS) is 7.80. The van der Waals surface area contributed by atoms with Crippen molar-refractivity contribution in [2.45, 2.75) is 45.8 Å². The quantitative estimate of drug-likeness (QED) is 0.540. The Kier molecular flexibility index (Phi) is 29.7. The Hall–Kier alpha value is 1.57. The van der Waals surface area contributed by atoms with Crippen molar-refractivity contribution in [3.8, 4) is 0 Å². The van der Waals surface area contributed by atoms with Crippen molar-refractivity contribution in [2.24, 2.45) is 0 Å². The van der Waals surface area contributed by atoms with E-state index in [2.05, 4.69) is 33.9 Å². The number of hydrogen-bond donors (Lipinski definition) is 0. The molecule has 0 fully saturated rings. The van der Waals surface area contributed by atoms with Gasteiger partial charge in [-0.3, -0.25) is 0 Å². The van der Waals surface area contributed by atoms with Crippen LogP contribution in [0.25, 0.3) is 0 Å². The van der Waals surface area contributed by atoms with Gasteiger partial charge in [-0.2, -0.15) is 6.42 Å². The van der Waals surface area contributed by atoms with Crippen LogP contribution in [-0.4, -0.2) is 8.80 Å². The second kappa shape index (κ2) is 16.9. The van der Waals surface area contributed by atoms with E-state index >= 15 is 0 Å². The van der Waals surface area contributed by atoms with Crippen LogP contribution in [-0.2, 0) is 0 Å². The van der Waals surface area contributed by atoms with Gasteiger partial charge >= 0.3 is 0 Å². The van der Waals surface area contributed by atoms with Gasteiger partial charge in [-0.15, -0.1) is 0 Å². The molecule has 61 valence electrons. The molecule has 0 atom stereocenters. The third-order valence-corrected chi connectivity index (χ3v) is 2.47. The molecule has 0 aromatic heterocycles. The summed E-state index contributed by atoms with van der Waals surface area (Å²) in [5, 5.41) is 0. The Balaban J connectivity index is -0.0000000910. The third-order valence-electron chi connectivity index (χ3n) is 1.06. The molecule has 0 aromatic rings. The van der Waals surface area contributed by atoms with E-state index < -0.39 is 0 Å². The van der Waals surface area contributed by atoms with E-state index in [9.17, 15) is 0 Å². The summed E-state index contributed by atoms with van der Waals surface area (Å²) in [5.41, 5.74) is 0. The van der Waals surface area contributed by atoms with Crippen LogP contribution in [0, 0.1) is 47.8 Å². The molecule has 0 aliphatic heterocycles. The predicted octanol–water partition coefficient (Wildman–Crippen LogP) is 3.38. The molecule has 0 aromatic carbocycles. The topological polar surface area (TPSA) is 0 Å². The molecular formula is C8H20NdSi-. The Morgan fingerprint density at radius 1 is 1.20 bits per heavy atom. The standard InChI is InChI=1S/C4H11Si.C4H9.Nd/c1-4-5(2)3;1-3-4-2;/h4H2,1-3H3;1,3-4H2,2H3;/q;-1;. The summed E-state index contributed by atoms with van der Waals surface area (Å²) in [6, 6.07) is 1.41. The van der Waals surface area contributed by atoms with Crippen molar-refractivity contribution in [2.75, 3.05) is 0 Å². The molecule has 1 radical (unpaired) electrons. The van der Waals surface area contributed by atoms with E-state index in [-0.39, 0.29) is 49.6 Å². The minimum Gasteiger partial charge on any atom is -0.343 e. The molecule has 0 N–H and O–H groups in total. The van der Waals surface area contributed by atoms with Crippen LogP contribution in [0.1, 0.15) is 26.7 Å². The SMILES string of the molecule is CC[Si](C)C.[CH2-]CCC.[Nd]. The van der Waals surface area contributed by atoms with E-state index in [0.29, 0.717) is 0 Å². The van der Waals surface area contributed by atoms with Gasteiger partial charge in [0.25, 0.3) is 0 Å². The van der Waals surface area contributed by atoms with Crippen LogP contribution in [0.5, 0.6) is 0 Å². The minimum atomic E-state index is 0. The summed E-state index contributed by atoms with van der Waals surface area (Å²) in [7, 11) is 0.126. The van der Waals surface area contributed by atoms with Crippen LogP contribution in [0.4, 0.5) is 0 Å². The van der Waals surface area contributed by atoms with Gasteiger partial charge in [0.15, 0.2) is 0 Å². The fourth-order valence-electron chi connectivity index (χ4n) is 0. The second-order valence-electron chi connectivity index (χ2n) is 2.41. The molecule has 0 nitrogen and oxygen atoms in total. The molecule has 0 aliphatic rings. The molecule has 0 amide bonds. The maximum Gasteiger partial charge on any atom is 0.0410 e.